The lowest BCUT2D eigenvalue weighted by molar-refractivity contribution is -0.111. The standard InChI is InChI=1S/C22H24N2O4/c1-28-20-14-15(6-8-17(20)16-10-12-23-13-11-16)7-9-21(25)24-19-5-3-2-4-18(19)22(26)27/h2-10,14,22-23,26-27H,11-13H2,1H3,(H,24,25)/b9-7+. The summed E-state index contributed by atoms with van der Waals surface area (Å²) >= 11 is 0. The molecule has 1 heterocycles. The predicted octanol–water partition coefficient (Wildman–Crippen LogP) is 2.71. The third kappa shape index (κ3) is 4.86. The maximum atomic E-state index is 12.2. The van der Waals surface area contributed by atoms with Gasteiger partial charge in [-0.3, -0.25) is 4.79 Å². The van der Waals surface area contributed by atoms with Gasteiger partial charge in [0.1, 0.15) is 5.75 Å². The molecule has 28 heavy (non-hydrogen) atoms. The number of carbonyl (C=O) groups is 1. The summed E-state index contributed by atoms with van der Waals surface area (Å²) in [4.78, 5) is 12.2. The summed E-state index contributed by atoms with van der Waals surface area (Å²) in [6.45, 7) is 1.80. The molecule has 1 aliphatic heterocycles. The number of ether oxygens (including phenoxy) is 1. The van der Waals surface area contributed by atoms with Crippen LogP contribution in [0.15, 0.2) is 54.6 Å². The zero-order valence-corrected chi connectivity index (χ0v) is 15.7. The van der Waals surface area contributed by atoms with Crippen molar-refractivity contribution in [2.24, 2.45) is 0 Å². The number of anilines is 1. The smallest absolute Gasteiger partial charge is 0.248 e. The van der Waals surface area contributed by atoms with Crippen LogP contribution in [0.25, 0.3) is 11.6 Å². The monoisotopic (exact) mass is 380 g/mol. The second-order valence-electron chi connectivity index (χ2n) is 6.43. The molecule has 2 aromatic rings. The number of amides is 1. The number of hydrogen-bond donors (Lipinski definition) is 4. The Morgan fingerprint density at radius 1 is 1.25 bits per heavy atom. The van der Waals surface area contributed by atoms with Gasteiger partial charge < -0.3 is 25.6 Å². The van der Waals surface area contributed by atoms with Crippen LogP contribution >= 0.6 is 0 Å². The minimum Gasteiger partial charge on any atom is -0.496 e. The first-order valence-electron chi connectivity index (χ1n) is 9.11. The van der Waals surface area contributed by atoms with Gasteiger partial charge in [-0.1, -0.05) is 36.4 Å². The summed E-state index contributed by atoms with van der Waals surface area (Å²) in [5, 5.41) is 24.7. The number of hydrogen-bond acceptors (Lipinski definition) is 5. The highest BCUT2D eigenvalue weighted by molar-refractivity contribution is 6.02. The quantitative estimate of drug-likeness (QED) is 0.457. The molecular formula is C22H24N2O4. The summed E-state index contributed by atoms with van der Waals surface area (Å²) in [5.41, 5.74) is 3.75. The van der Waals surface area contributed by atoms with Crippen LogP contribution in [0.1, 0.15) is 29.4 Å². The van der Waals surface area contributed by atoms with Crippen LogP contribution < -0.4 is 15.4 Å². The van der Waals surface area contributed by atoms with Crippen molar-refractivity contribution in [3.05, 3.63) is 71.3 Å². The Morgan fingerprint density at radius 3 is 2.79 bits per heavy atom. The van der Waals surface area contributed by atoms with Gasteiger partial charge in [-0.2, -0.15) is 0 Å². The first kappa shape index (κ1) is 19.8. The number of nitrogens with one attached hydrogen (secondary N) is 2. The largest absolute Gasteiger partial charge is 0.496 e. The van der Waals surface area contributed by atoms with Gasteiger partial charge in [0.25, 0.3) is 0 Å². The van der Waals surface area contributed by atoms with Crippen LogP contribution in [0.3, 0.4) is 0 Å². The van der Waals surface area contributed by atoms with Gasteiger partial charge in [-0.05, 0) is 42.3 Å². The SMILES string of the molecule is COc1cc(/C=C/C(=O)Nc2ccccc2C(O)O)ccc1C1=CCNCC1. The fraction of sp³-hybridized carbons (Fsp3) is 0.227. The van der Waals surface area contributed by atoms with Crippen LogP contribution in [-0.2, 0) is 4.79 Å². The summed E-state index contributed by atoms with van der Waals surface area (Å²) in [6, 6.07) is 12.4. The fourth-order valence-electron chi connectivity index (χ4n) is 3.13. The van der Waals surface area contributed by atoms with E-state index in [-0.39, 0.29) is 11.5 Å². The summed E-state index contributed by atoms with van der Waals surface area (Å²) in [5.74, 6) is 0.404. The number of benzene rings is 2. The Bertz CT molecular complexity index is 903. The number of rotatable bonds is 6. The van der Waals surface area contributed by atoms with E-state index in [1.54, 1.807) is 37.5 Å². The number of carbonyl (C=O) groups excluding carboxylic acids is 1. The Morgan fingerprint density at radius 2 is 2.07 bits per heavy atom. The molecule has 0 aliphatic carbocycles. The van der Waals surface area contributed by atoms with Crippen LogP contribution in [0.2, 0.25) is 0 Å². The normalized spacial score (nSPS) is 14.2. The molecule has 0 radical (unpaired) electrons. The van der Waals surface area contributed by atoms with Gasteiger partial charge in [0, 0.05) is 29.4 Å². The second-order valence-corrected chi connectivity index (χ2v) is 6.43. The van der Waals surface area contributed by atoms with E-state index >= 15 is 0 Å². The van der Waals surface area contributed by atoms with E-state index in [0.29, 0.717) is 5.69 Å². The van der Waals surface area contributed by atoms with E-state index in [1.165, 1.54) is 11.6 Å². The zero-order valence-electron chi connectivity index (χ0n) is 15.7. The molecule has 0 saturated carbocycles. The van der Waals surface area contributed by atoms with Crippen molar-refractivity contribution in [3.8, 4) is 5.75 Å². The third-order valence-electron chi connectivity index (χ3n) is 4.56. The van der Waals surface area contributed by atoms with E-state index in [9.17, 15) is 15.0 Å². The zero-order chi connectivity index (χ0) is 19.9. The van der Waals surface area contributed by atoms with E-state index in [2.05, 4.69) is 16.7 Å². The number of aliphatic hydroxyl groups is 2. The molecule has 0 aromatic heterocycles. The van der Waals surface area contributed by atoms with Crippen molar-refractivity contribution in [2.45, 2.75) is 12.7 Å². The van der Waals surface area contributed by atoms with Crippen molar-refractivity contribution in [1.82, 2.24) is 5.32 Å². The highest BCUT2D eigenvalue weighted by Gasteiger charge is 2.12. The van der Waals surface area contributed by atoms with Crippen molar-refractivity contribution >= 4 is 23.2 Å². The minimum absolute atomic E-state index is 0.241. The molecule has 6 heteroatoms. The number of aliphatic hydroxyl groups excluding tert-OH is 1. The highest BCUT2D eigenvalue weighted by Crippen LogP contribution is 2.30. The summed E-state index contributed by atoms with van der Waals surface area (Å²) in [7, 11) is 1.64. The van der Waals surface area contributed by atoms with Crippen LogP contribution in [0.5, 0.6) is 5.75 Å². The molecular weight excluding hydrogens is 356 g/mol. The molecule has 0 bridgehead atoms. The molecule has 3 rings (SSSR count). The minimum atomic E-state index is -1.65. The van der Waals surface area contributed by atoms with Gasteiger partial charge in [-0.25, -0.2) is 0 Å². The molecule has 4 N–H and O–H groups in total. The maximum Gasteiger partial charge on any atom is 0.248 e. The van der Waals surface area contributed by atoms with Gasteiger partial charge in [0.05, 0.1) is 7.11 Å². The molecule has 6 nitrogen and oxygen atoms in total. The van der Waals surface area contributed by atoms with Crippen molar-refractivity contribution in [1.29, 1.82) is 0 Å². The lowest BCUT2D eigenvalue weighted by Crippen LogP contribution is -2.20. The second kappa shape index (κ2) is 9.32. The fourth-order valence-corrected chi connectivity index (χ4v) is 3.13. The van der Waals surface area contributed by atoms with E-state index in [1.807, 2.05) is 18.2 Å². The highest BCUT2D eigenvalue weighted by atomic mass is 16.5. The van der Waals surface area contributed by atoms with E-state index in [4.69, 9.17) is 4.74 Å². The van der Waals surface area contributed by atoms with Crippen LogP contribution in [0, 0.1) is 0 Å². The van der Waals surface area contributed by atoms with Gasteiger partial charge in [0.2, 0.25) is 5.91 Å². The third-order valence-corrected chi connectivity index (χ3v) is 4.56. The Kier molecular flexibility index (Phi) is 6.60. The Labute approximate surface area is 164 Å². The van der Waals surface area contributed by atoms with Crippen LogP contribution in [0.4, 0.5) is 5.69 Å². The molecule has 2 aromatic carbocycles. The molecule has 0 atom stereocenters. The molecule has 146 valence electrons. The topological polar surface area (TPSA) is 90.8 Å². The molecule has 1 amide bonds. The molecule has 0 unspecified atom stereocenters. The van der Waals surface area contributed by atoms with Crippen LogP contribution in [-0.4, -0.2) is 36.3 Å². The molecule has 1 aliphatic rings. The first-order valence-corrected chi connectivity index (χ1v) is 9.11. The Balaban J connectivity index is 1.73. The predicted molar refractivity (Wildman–Crippen MR) is 110 cm³/mol. The average molecular weight is 380 g/mol. The number of methoxy groups -OCH3 is 1. The summed E-state index contributed by atoms with van der Waals surface area (Å²) < 4.78 is 5.53. The molecule has 0 fully saturated rings. The van der Waals surface area contributed by atoms with E-state index in [0.717, 1.165) is 36.4 Å². The van der Waals surface area contributed by atoms with E-state index < -0.39 is 6.29 Å². The lowest BCUT2D eigenvalue weighted by Gasteiger charge is -2.17. The van der Waals surface area contributed by atoms with Crippen molar-refractivity contribution in [2.75, 3.05) is 25.5 Å². The van der Waals surface area contributed by atoms with Crippen molar-refractivity contribution < 1.29 is 19.7 Å². The average Bonchev–Trinajstić information content (AvgIpc) is 2.73. The first-order chi connectivity index (χ1) is 13.6. The van der Waals surface area contributed by atoms with Gasteiger partial charge in [0.15, 0.2) is 6.29 Å². The molecule has 0 spiro atoms. The maximum absolute atomic E-state index is 12.2. The molecule has 0 saturated heterocycles. The Hall–Kier alpha value is -2.93. The van der Waals surface area contributed by atoms with Crippen molar-refractivity contribution in [3.63, 3.8) is 0 Å². The lowest BCUT2D eigenvalue weighted by atomic mass is 9.98. The van der Waals surface area contributed by atoms with Gasteiger partial charge in [-0.15, -0.1) is 0 Å². The van der Waals surface area contributed by atoms with Gasteiger partial charge >= 0.3 is 0 Å². The number of para-hydroxylation sites is 1. The summed E-state index contributed by atoms with van der Waals surface area (Å²) in [6.07, 6.45) is 4.55.